The molecule has 0 unspecified atom stereocenters. The molecule has 1 fully saturated rings. The van der Waals surface area contributed by atoms with E-state index in [1.807, 2.05) is 30.3 Å². The molecule has 0 aromatic heterocycles. The van der Waals surface area contributed by atoms with Crippen molar-refractivity contribution >= 4 is 22.3 Å². The van der Waals surface area contributed by atoms with Crippen LogP contribution in [0, 0.1) is 0 Å². The minimum Gasteiger partial charge on any atom is -0.445 e. The first-order valence-electron chi connectivity index (χ1n) is 11.4. The van der Waals surface area contributed by atoms with Gasteiger partial charge in [0, 0.05) is 6.54 Å². The summed E-state index contributed by atoms with van der Waals surface area (Å²) in [4.78, 5) is 26.6. The predicted molar refractivity (Wildman–Crippen MR) is 130 cm³/mol. The summed E-state index contributed by atoms with van der Waals surface area (Å²) in [5.41, 5.74) is 0.681. The molecule has 10 heteroatoms. The number of rotatable bonds is 8. The van der Waals surface area contributed by atoms with E-state index in [0.717, 1.165) is 5.56 Å². The maximum Gasteiger partial charge on any atom is 0.410 e. The zero-order valence-corrected chi connectivity index (χ0v) is 21.0. The van der Waals surface area contributed by atoms with Gasteiger partial charge < -0.3 is 19.7 Å². The third-order valence-corrected chi connectivity index (χ3v) is 6.48. The third-order valence-electron chi connectivity index (χ3n) is 5.29. The number of carbonyl (C=O) groups is 2. The van der Waals surface area contributed by atoms with E-state index in [9.17, 15) is 18.0 Å². The van der Waals surface area contributed by atoms with E-state index in [2.05, 4.69) is 5.32 Å². The Labute approximate surface area is 206 Å². The lowest BCUT2D eigenvalue weighted by Crippen LogP contribution is -2.50. The van der Waals surface area contributed by atoms with E-state index < -0.39 is 40.0 Å². The summed E-state index contributed by atoms with van der Waals surface area (Å²) < 4.78 is 41.2. The topological polar surface area (TPSA) is 111 Å². The van der Waals surface area contributed by atoms with Crippen LogP contribution in [-0.2, 0) is 36.1 Å². The van der Waals surface area contributed by atoms with Crippen LogP contribution in [0.25, 0.3) is 0 Å². The van der Waals surface area contributed by atoms with E-state index in [0.29, 0.717) is 12.0 Å². The number of amides is 2. The predicted octanol–water partition coefficient (Wildman–Crippen LogP) is 3.84. The molecule has 2 amide bonds. The normalized spacial score (nSPS) is 18.2. The monoisotopic (exact) mass is 504 g/mol. The largest absolute Gasteiger partial charge is 0.445 e. The van der Waals surface area contributed by atoms with E-state index in [4.69, 9.17) is 13.7 Å². The molecule has 2 aromatic carbocycles. The van der Waals surface area contributed by atoms with Gasteiger partial charge in [-0.3, -0.25) is 4.18 Å². The Balaban J connectivity index is 1.66. The molecule has 0 radical (unpaired) electrons. The van der Waals surface area contributed by atoms with Gasteiger partial charge in [0.05, 0.1) is 18.7 Å². The summed E-state index contributed by atoms with van der Waals surface area (Å²) in [5.74, 6) is -0.301. The highest BCUT2D eigenvalue weighted by molar-refractivity contribution is 7.85. The first-order valence-corrected chi connectivity index (χ1v) is 13.0. The zero-order valence-electron chi connectivity index (χ0n) is 20.2. The number of nitrogens with zero attached hydrogens (tertiary/aromatic N) is 1. The minimum atomic E-state index is -3.93. The molecule has 2 aromatic rings. The lowest BCUT2D eigenvalue weighted by molar-refractivity contribution is 0.0171. The van der Waals surface area contributed by atoms with Crippen LogP contribution < -0.4 is 5.32 Å². The molecule has 35 heavy (non-hydrogen) atoms. The Morgan fingerprint density at radius 3 is 2.20 bits per heavy atom. The molecule has 0 bridgehead atoms. The van der Waals surface area contributed by atoms with Crippen molar-refractivity contribution in [3.63, 3.8) is 0 Å². The van der Waals surface area contributed by atoms with Gasteiger partial charge in [-0.2, -0.15) is 8.42 Å². The van der Waals surface area contributed by atoms with E-state index in [1.54, 1.807) is 51.1 Å². The Hall–Kier alpha value is -3.11. The highest BCUT2D eigenvalue weighted by Crippen LogP contribution is 2.23. The highest BCUT2D eigenvalue weighted by atomic mass is 32.2. The molecule has 190 valence electrons. The highest BCUT2D eigenvalue weighted by Gasteiger charge is 2.41. The number of hydrogen-bond donors (Lipinski definition) is 1. The fourth-order valence-electron chi connectivity index (χ4n) is 3.68. The number of nitrogens with one attached hydrogen (secondary N) is 1. The van der Waals surface area contributed by atoms with Crippen LogP contribution >= 0.6 is 0 Å². The summed E-state index contributed by atoms with van der Waals surface area (Å²) in [6.45, 7) is 5.26. The molecule has 0 saturated carbocycles. The van der Waals surface area contributed by atoms with Gasteiger partial charge in [-0.25, -0.2) is 9.59 Å². The Morgan fingerprint density at radius 1 is 1.00 bits per heavy atom. The second-order valence-corrected chi connectivity index (χ2v) is 11.0. The summed E-state index contributed by atoms with van der Waals surface area (Å²) in [6, 6.07) is 16.6. The summed E-state index contributed by atoms with van der Waals surface area (Å²) in [6.07, 6.45) is -0.873. The van der Waals surface area contributed by atoms with Gasteiger partial charge in [-0.1, -0.05) is 60.7 Å². The Morgan fingerprint density at radius 2 is 1.60 bits per heavy atom. The number of alkyl carbamates (subject to hydrolysis) is 1. The minimum absolute atomic E-state index is 0.0851. The van der Waals surface area contributed by atoms with Gasteiger partial charge in [0.15, 0.2) is 0 Å². The van der Waals surface area contributed by atoms with Crippen molar-refractivity contribution in [2.45, 2.75) is 57.2 Å². The molecular weight excluding hydrogens is 472 g/mol. The molecule has 0 spiro atoms. The zero-order chi connectivity index (χ0) is 25.5. The maximum absolute atomic E-state index is 12.8. The fourth-order valence-corrected chi connectivity index (χ4v) is 4.72. The smallest absolute Gasteiger partial charge is 0.410 e. The van der Waals surface area contributed by atoms with Crippen molar-refractivity contribution in [2.75, 3.05) is 13.2 Å². The van der Waals surface area contributed by atoms with E-state index in [1.165, 1.54) is 4.90 Å². The van der Waals surface area contributed by atoms with Crippen LogP contribution in [0.3, 0.4) is 0 Å². The number of ether oxygens (including phenoxy) is 2. The second-order valence-electron chi connectivity index (χ2n) is 9.31. The first kappa shape index (κ1) is 26.5. The Kier molecular flexibility index (Phi) is 8.74. The first-order chi connectivity index (χ1) is 16.5. The van der Waals surface area contributed by atoms with Crippen LogP contribution in [0.5, 0.6) is 0 Å². The SMILES string of the molecule is CC(C)(C)OC(=O)N1CC[C@H](NC(=O)OCc2ccccc2)[C@H]1COS(=O)(=O)Cc1ccccc1. The van der Waals surface area contributed by atoms with Gasteiger partial charge in [0.1, 0.15) is 18.0 Å². The molecule has 1 aliphatic heterocycles. The van der Waals surface area contributed by atoms with Gasteiger partial charge >= 0.3 is 12.2 Å². The van der Waals surface area contributed by atoms with Crippen LogP contribution in [0.15, 0.2) is 60.7 Å². The van der Waals surface area contributed by atoms with Gasteiger partial charge in [-0.05, 0) is 38.3 Å². The number of benzene rings is 2. The quantitative estimate of drug-likeness (QED) is 0.544. The van der Waals surface area contributed by atoms with Crippen molar-refractivity contribution in [2.24, 2.45) is 0 Å². The molecule has 0 aliphatic carbocycles. The maximum atomic E-state index is 12.8. The van der Waals surface area contributed by atoms with Crippen LogP contribution in [-0.4, -0.2) is 56.3 Å². The molecule has 2 atom stereocenters. The molecule has 9 nitrogen and oxygen atoms in total. The standard InChI is InChI=1S/C25H32N2O7S/c1-25(2,3)34-24(29)27-15-14-21(26-23(28)32-16-19-10-6-4-7-11-19)22(27)17-33-35(30,31)18-20-12-8-5-9-13-20/h4-13,21-22H,14-18H2,1-3H3,(H,26,28)/t21-,22+/m0/s1. The summed E-state index contributed by atoms with van der Waals surface area (Å²) >= 11 is 0. The molecule has 1 aliphatic rings. The van der Waals surface area contributed by atoms with Crippen molar-refractivity contribution in [1.82, 2.24) is 10.2 Å². The van der Waals surface area contributed by atoms with E-state index in [-0.39, 0.29) is 25.5 Å². The molecule has 1 heterocycles. The van der Waals surface area contributed by atoms with Crippen LogP contribution in [0.2, 0.25) is 0 Å². The van der Waals surface area contributed by atoms with Crippen LogP contribution in [0.1, 0.15) is 38.3 Å². The molecular formula is C25H32N2O7S. The number of likely N-dealkylation sites (tertiary alicyclic amines) is 1. The van der Waals surface area contributed by atoms with Crippen molar-refractivity contribution < 1.29 is 31.7 Å². The van der Waals surface area contributed by atoms with Crippen molar-refractivity contribution in [1.29, 1.82) is 0 Å². The van der Waals surface area contributed by atoms with Gasteiger partial charge in [0.25, 0.3) is 10.1 Å². The second kappa shape index (κ2) is 11.5. The molecule has 1 saturated heterocycles. The van der Waals surface area contributed by atoms with Gasteiger partial charge in [-0.15, -0.1) is 0 Å². The molecule has 3 rings (SSSR count). The number of hydrogen-bond acceptors (Lipinski definition) is 7. The summed E-state index contributed by atoms with van der Waals surface area (Å²) in [7, 11) is -3.93. The Bertz CT molecular complexity index is 1090. The fraction of sp³-hybridized carbons (Fsp3) is 0.440. The van der Waals surface area contributed by atoms with E-state index >= 15 is 0 Å². The lowest BCUT2D eigenvalue weighted by Gasteiger charge is -2.30. The van der Waals surface area contributed by atoms with Crippen LogP contribution in [0.4, 0.5) is 9.59 Å². The van der Waals surface area contributed by atoms with Crippen molar-refractivity contribution in [3.8, 4) is 0 Å². The lowest BCUT2D eigenvalue weighted by atomic mass is 10.1. The van der Waals surface area contributed by atoms with Gasteiger partial charge in [0.2, 0.25) is 0 Å². The van der Waals surface area contributed by atoms with Crippen molar-refractivity contribution in [3.05, 3.63) is 71.8 Å². The molecule has 1 N–H and O–H groups in total. The third kappa shape index (κ3) is 8.56. The summed E-state index contributed by atoms with van der Waals surface area (Å²) in [5, 5.41) is 2.75. The average Bonchev–Trinajstić information content (AvgIpc) is 3.19. The average molecular weight is 505 g/mol. The number of carbonyl (C=O) groups excluding carboxylic acids is 2.